The summed E-state index contributed by atoms with van der Waals surface area (Å²) in [6.45, 7) is 4.61. The van der Waals surface area contributed by atoms with Crippen LogP contribution >= 0.6 is 0 Å². The van der Waals surface area contributed by atoms with Crippen LogP contribution in [0.5, 0.6) is 5.75 Å². The summed E-state index contributed by atoms with van der Waals surface area (Å²) in [6.07, 6.45) is 5.02. The number of rotatable bonds is 6. The number of carbonyl (C=O) groups excluding carboxylic acids is 1. The Hall–Kier alpha value is -2.80. The number of hydrogen-bond donors (Lipinski definition) is 0. The molecule has 0 heterocycles. The molecule has 1 amide bonds. The highest BCUT2D eigenvalue weighted by Crippen LogP contribution is 2.26. The zero-order chi connectivity index (χ0) is 19.2. The lowest BCUT2D eigenvalue weighted by atomic mass is 10.0. The summed E-state index contributed by atoms with van der Waals surface area (Å²) in [5, 5.41) is 8.95. The predicted molar refractivity (Wildman–Crippen MR) is 106 cm³/mol. The van der Waals surface area contributed by atoms with Gasteiger partial charge in [-0.25, -0.2) is 0 Å². The number of benzene rings is 2. The summed E-state index contributed by atoms with van der Waals surface area (Å²) in [5.74, 6) is 0.836. The molecular formula is C23H26N2O2. The van der Waals surface area contributed by atoms with E-state index in [0.717, 1.165) is 24.2 Å². The van der Waals surface area contributed by atoms with Gasteiger partial charge in [0.1, 0.15) is 5.75 Å². The number of hydrogen-bond acceptors (Lipinski definition) is 3. The molecule has 1 aliphatic rings. The van der Waals surface area contributed by atoms with Gasteiger partial charge in [-0.15, -0.1) is 0 Å². The Morgan fingerprint density at radius 1 is 1.15 bits per heavy atom. The molecule has 1 saturated carbocycles. The van der Waals surface area contributed by atoms with Crippen LogP contribution in [-0.4, -0.2) is 23.5 Å². The maximum atomic E-state index is 13.0. The maximum Gasteiger partial charge on any atom is 0.254 e. The molecule has 27 heavy (non-hydrogen) atoms. The Kier molecular flexibility index (Phi) is 6.13. The molecule has 1 unspecified atom stereocenters. The second-order valence-electron chi connectivity index (χ2n) is 7.05. The zero-order valence-electron chi connectivity index (χ0n) is 16.0. The smallest absolute Gasteiger partial charge is 0.254 e. The first-order chi connectivity index (χ1) is 13.1. The van der Waals surface area contributed by atoms with Crippen LogP contribution in [0.4, 0.5) is 0 Å². The summed E-state index contributed by atoms with van der Waals surface area (Å²) in [5.41, 5.74) is 2.31. The van der Waals surface area contributed by atoms with Gasteiger partial charge in [0.05, 0.1) is 23.8 Å². The van der Waals surface area contributed by atoms with Gasteiger partial charge in [-0.05, 0) is 81.5 Å². The lowest BCUT2D eigenvalue weighted by Crippen LogP contribution is -2.33. The SMILES string of the molecule is CCN(C(=O)c1ccc(OC2CCCC2)cc1)C(C)c1ccc(C#N)cc1. The number of nitriles is 1. The first-order valence-corrected chi connectivity index (χ1v) is 9.70. The van der Waals surface area contributed by atoms with E-state index in [0.29, 0.717) is 23.8 Å². The molecule has 1 fully saturated rings. The second-order valence-corrected chi connectivity index (χ2v) is 7.05. The fourth-order valence-corrected chi connectivity index (χ4v) is 3.65. The number of amides is 1. The molecule has 0 spiro atoms. The molecule has 140 valence electrons. The van der Waals surface area contributed by atoms with Crippen molar-refractivity contribution in [2.24, 2.45) is 0 Å². The number of ether oxygens (including phenoxy) is 1. The molecule has 1 atom stereocenters. The van der Waals surface area contributed by atoms with Gasteiger partial charge in [0.15, 0.2) is 0 Å². The van der Waals surface area contributed by atoms with Gasteiger partial charge in [-0.2, -0.15) is 5.26 Å². The molecule has 3 rings (SSSR count). The Morgan fingerprint density at radius 3 is 2.33 bits per heavy atom. The summed E-state index contributed by atoms with van der Waals surface area (Å²) < 4.78 is 5.98. The molecule has 0 aromatic heterocycles. The van der Waals surface area contributed by atoms with Crippen LogP contribution in [0.1, 0.15) is 67.1 Å². The van der Waals surface area contributed by atoms with Gasteiger partial charge in [0, 0.05) is 12.1 Å². The third-order valence-electron chi connectivity index (χ3n) is 5.30. The van der Waals surface area contributed by atoms with Crippen molar-refractivity contribution in [2.45, 2.75) is 51.7 Å². The maximum absolute atomic E-state index is 13.0. The zero-order valence-corrected chi connectivity index (χ0v) is 16.0. The highest BCUT2D eigenvalue weighted by Gasteiger charge is 2.22. The average molecular weight is 362 g/mol. The minimum Gasteiger partial charge on any atom is -0.490 e. The Balaban J connectivity index is 1.70. The van der Waals surface area contributed by atoms with Gasteiger partial charge in [-0.3, -0.25) is 4.79 Å². The van der Waals surface area contributed by atoms with E-state index in [4.69, 9.17) is 10.00 Å². The molecule has 0 aliphatic heterocycles. The summed E-state index contributed by atoms with van der Waals surface area (Å²) in [7, 11) is 0. The lowest BCUT2D eigenvalue weighted by molar-refractivity contribution is 0.0702. The van der Waals surface area contributed by atoms with E-state index in [1.54, 1.807) is 12.1 Å². The van der Waals surface area contributed by atoms with Crippen molar-refractivity contribution < 1.29 is 9.53 Å². The Bertz CT molecular complexity index is 800. The topological polar surface area (TPSA) is 53.3 Å². The van der Waals surface area contributed by atoms with Gasteiger partial charge >= 0.3 is 0 Å². The van der Waals surface area contributed by atoms with Crippen LogP contribution in [0.25, 0.3) is 0 Å². The van der Waals surface area contributed by atoms with Crippen molar-refractivity contribution in [3.8, 4) is 11.8 Å². The fraction of sp³-hybridized carbons (Fsp3) is 0.391. The van der Waals surface area contributed by atoms with E-state index < -0.39 is 0 Å². The van der Waals surface area contributed by atoms with E-state index in [-0.39, 0.29) is 11.9 Å². The van der Waals surface area contributed by atoms with E-state index in [2.05, 4.69) is 6.07 Å². The lowest BCUT2D eigenvalue weighted by Gasteiger charge is -2.28. The Morgan fingerprint density at radius 2 is 1.78 bits per heavy atom. The van der Waals surface area contributed by atoms with Crippen molar-refractivity contribution in [2.75, 3.05) is 6.54 Å². The summed E-state index contributed by atoms with van der Waals surface area (Å²) in [6, 6.07) is 17.0. The van der Waals surface area contributed by atoms with Gasteiger partial charge in [0.2, 0.25) is 0 Å². The number of nitrogens with zero attached hydrogens (tertiary/aromatic N) is 2. The van der Waals surface area contributed by atoms with Crippen LogP contribution in [0, 0.1) is 11.3 Å². The molecule has 1 aliphatic carbocycles. The normalized spacial score (nSPS) is 15.1. The van der Waals surface area contributed by atoms with Crippen LogP contribution in [0.3, 0.4) is 0 Å². The predicted octanol–water partition coefficient (Wildman–Crippen LogP) is 5.10. The Labute approximate surface area is 161 Å². The van der Waals surface area contributed by atoms with Crippen LogP contribution in [-0.2, 0) is 0 Å². The first-order valence-electron chi connectivity index (χ1n) is 9.70. The third-order valence-corrected chi connectivity index (χ3v) is 5.30. The third kappa shape index (κ3) is 4.49. The molecule has 0 N–H and O–H groups in total. The van der Waals surface area contributed by atoms with Crippen LogP contribution < -0.4 is 4.74 Å². The van der Waals surface area contributed by atoms with E-state index in [1.807, 2.05) is 55.1 Å². The van der Waals surface area contributed by atoms with Crippen LogP contribution in [0.15, 0.2) is 48.5 Å². The van der Waals surface area contributed by atoms with Crippen LogP contribution in [0.2, 0.25) is 0 Å². The van der Waals surface area contributed by atoms with E-state index in [1.165, 1.54) is 12.8 Å². The minimum absolute atomic E-state index is 0.00164. The second kappa shape index (κ2) is 8.73. The molecule has 2 aromatic rings. The average Bonchev–Trinajstić information content (AvgIpc) is 3.22. The fourth-order valence-electron chi connectivity index (χ4n) is 3.65. The molecule has 0 radical (unpaired) electrons. The molecule has 0 bridgehead atoms. The van der Waals surface area contributed by atoms with E-state index >= 15 is 0 Å². The molecular weight excluding hydrogens is 336 g/mol. The van der Waals surface area contributed by atoms with Crippen molar-refractivity contribution in [3.05, 3.63) is 65.2 Å². The van der Waals surface area contributed by atoms with Crippen molar-refractivity contribution >= 4 is 5.91 Å². The molecule has 4 heteroatoms. The minimum atomic E-state index is -0.0651. The quantitative estimate of drug-likeness (QED) is 0.718. The van der Waals surface area contributed by atoms with Crippen molar-refractivity contribution in [3.63, 3.8) is 0 Å². The van der Waals surface area contributed by atoms with Gasteiger partial charge < -0.3 is 9.64 Å². The molecule has 4 nitrogen and oxygen atoms in total. The largest absolute Gasteiger partial charge is 0.490 e. The highest BCUT2D eigenvalue weighted by atomic mass is 16.5. The van der Waals surface area contributed by atoms with Crippen molar-refractivity contribution in [1.82, 2.24) is 4.90 Å². The number of carbonyl (C=O) groups is 1. The van der Waals surface area contributed by atoms with Gasteiger partial charge in [-0.1, -0.05) is 12.1 Å². The molecule has 0 saturated heterocycles. The van der Waals surface area contributed by atoms with Gasteiger partial charge in [0.25, 0.3) is 5.91 Å². The highest BCUT2D eigenvalue weighted by molar-refractivity contribution is 5.94. The first kappa shape index (κ1) is 19.0. The summed E-state index contributed by atoms with van der Waals surface area (Å²) >= 11 is 0. The van der Waals surface area contributed by atoms with Crippen molar-refractivity contribution in [1.29, 1.82) is 5.26 Å². The molecule has 2 aromatic carbocycles. The van der Waals surface area contributed by atoms with E-state index in [9.17, 15) is 4.79 Å². The summed E-state index contributed by atoms with van der Waals surface area (Å²) in [4.78, 5) is 14.8. The monoisotopic (exact) mass is 362 g/mol. The standard InChI is InChI=1S/C23H26N2O2/c1-3-25(17(2)19-10-8-18(16-24)9-11-19)23(26)20-12-14-22(15-13-20)27-21-6-4-5-7-21/h8-15,17,21H,3-7H2,1-2H3.